The van der Waals surface area contributed by atoms with Gasteiger partial charge in [-0.05, 0) is 22.6 Å². The standard InChI is InChI=1S/C8H6FIN2/c1-12-4-6(10)8-7(12)2-5(9)3-11-8/h2-4H,1H3. The van der Waals surface area contributed by atoms with Crippen LogP contribution in [0.1, 0.15) is 0 Å². The molecule has 0 saturated heterocycles. The van der Waals surface area contributed by atoms with E-state index in [1.807, 2.05) is 17.8 Å². The number of hydrogen-bond acceptors (Lipinski definition) is 1. The lowest BCUT2D eigenvalue weighted by Crippen LogP contribution is -1.85. The summed E-state index contributed by atoms with van der Waals surface area (Å²) in [6.07, 6.45) is 3.17. The first-order chi connectivity index (χ1) is 5.68. The Balaban J connectivity index is 2.90. The Morgan fingerprint density at radius 1 is 1.58 bits per heavy atom. The van der Waals surface area contributed by atoms with Gasteiger partial charge in [-0.15, -0.1) is 0 Å². The summed E-state index contributed by atoms with van der Waals surface area (Å²) in [5, 5.41) is 0. The van der Waals surface area contributed by atoms with Crippen molar-refractivity contribution in [2.24, 2.45) is 7.05 Å². The maximum Gasteiger partial charge on any atom is 0.143 e. The average molecular weight is 276 g/mol. The van der Waals surface area contributed by atoms with Crippen molar-refractivity contribution in [3.8, 4) is 0 Å². The van der Waals surface area contributed by atoms with Gasteiger partial charge in [-0.25, -0.2) is 4.39 Å². The van der Waals surface area contributed by atoms with E-state index in [1.54, 1.807) is 0 Å². The second kappa shape index (κ2) is 2.69. The number of hydrogen-bond donors (Lipinski definition) is 0. The summed E-state index contributed by atoms with van der Waals surface area (Å²) in [7, 11) is 1.88. The molecule has 12 heavy (non-hydrogen) atoms. The molecule has 0 aliphatic rings. The van der Waals surface area contributed by atoms with E-state index in [1.165, 1.54) is 12.3 Å². The smallest absolute Gasteiger partial charge is 0.143 e. The van der Waals surface area contributed by atoms with Gasteiger partial charge in [0.25, 0.3) is 0 Å². The van der Waals surface area contributed by atoms with E-state index >= 15 is 0 Å². The molecular weight excluding hydrogens is 270 g/mol. The van der Waals surface area contributed by atoms with Crippen molar-refractivity contribution in [2.45, 2.75) is 0 Å². The van der Waals surface area contributed by atoms with Crippen LogP contribution in [-0.2, 0) is 7.05 Å². The summed E-state index contributed by atoms with van der Waals surface area (Å²) in [4.78, 5) is 4.00. The van der Waals surface area contributed by atoms with Crippen LogP contribution in [0.25, 0.3) is 11.0 Å². The number of fused-ring (bicyclic) bond motifs is 1. The molecule has 0 atom stereocenters. The Hall–Kier alpha value is -0.650. The quantitative estimate of drug-likeness (QED) is 0.675. The van der Waals surface area contributed by atoms with Crippen LogP contribution in [-0.4, -0.2) is 9.55 Å². The predicted molar refractivity (Wildman–Crippen MR) is 53.4 cm³/mol. The van der Waals surface area contributed by atoms with Crippen LogP contribution in [0.2, 0.25) is 0 Å². The molecule has 0 N–H and O–H groups in total. The van der Waals surface area contributed by atoms with Crippen molar-refractivity contribution in [3.63, 3.8) is 0 Å². The minimum absolute atomic E-state index is 0.292. The molecule has 0 amide bonds. The third-order valence-electron chi connectivity index (χ3n) is 1.75. The number of aromatic nitrogens is 2. The highest BCUT2D eigenvalue weighted by molar-refractivity contribution is 14.1. The van der Waals surface area contributed by atoms with Crippen molar-refractivity contribution >= 4 is 33.6 Å². The van der Waals surface area contributed by atoms with E-state index in [4.69, 9.17) is 0 Å². The van der Waals surface area contributed by atoms with E-state index in [-0.39, 0.29) is 5.82 Å². The summed E-state index contributed by atoms with van der Waals surface area (Å²) in [5.41, 5.74) is 1.69. The van der Waals surface area contributed by atoms with Gasteiger partial charge in [-0.1, -0.05) is 0 Å². The van der Waals surface area contributed by atoms with Crippen molar-refractivity contribution in [1.29, 1.82) is 0 Å². The molecule has 2 heterocycles. The minimum Gasteiger partial charge on any atom is -0.348 e. The molecular formula is C8H6FIN2. The van der Waals surface area contributed by atoms with E-state index in [2.05, 4.69) is 27.6 Å². The molecule has 0 spiro atoms. The van der Waals surface area contributed by atoms with Crippen LogP contribution in [0.5, 0.6) is 0 Å². The zero-order valence-electron chi connectivity index (χ0n) is 6.38. The van der Waals surface area contributed by atoms with E-state index in [9.17, 15) is 4.39 Å². The molecule has 62 valence electrons. The summed E-state index contributed by atoms with van der Waals surface area (Å²) in [5.74, 6) is -0.292. The Morgan fingerprint density at radius 2 is 2.33 bits per heavy atom. The highest BCUT2D eigenvalue weighted by Gasteiger charge is 2.05. The maximum atomic E-state index is 12.7. The summed E-state index contributed by atoms with van der Waals surface area (Å²) >= 11 is 2.18. The second-order valence-electron chi connectivity index (χ2n) is 2.61. The van der Waals surface area contributed by atoms with Gasteiger partial charge < -0.3 is 4.57 Å². The molecule has 2 rings (SSSR count). The van der Waals surface area contributed by atoms with Gasteiger partial charge in [0.05, 0.1) is 15.3 Å². The van der Waals surface area contributed by atoms with Crippen molar-refractivity contribution in [3.05, 3.63) is 27.8 Å². The van der Waals surface area contributed by atoms with Gasteiger partial charge in [0.15, 0.2) is 0 Å². The van der Waals surface area contributed by atoms with Crippen LogP contribution in [0.4, 0.5) is 4.39 Å². The number of pyridine rings is 1. The summed E-state index contributed by atoms with van der Waals surface area (Å²) in [6, 6.07) is 1.49. The van der Waals surface area contributed by atoms with Crippen LogP contribution >= 0.6 is 22.6 Å². The lowest BCUT2D eigenvalue weighted by atomic mass is 10.4. The Morgan fingerprint density at radius 3 is 3.08 bits per heavy atom. The topological polar surface area (TPSA) is 17.8 Å². The molecule has 2 aromatic rings. The highest BCUT2D eigenvalue weighted by atomic mass is 127. The molecule has 2 aromatic heterocycles. The van der Waals surface area contributed by atoms with E-state index in [0.29, 0.717) is 0 Å². The molecule has 0 radical (unpaired) electrons. The summed E-state index contributed by atoms with van der Waals surface area (Å²) in [6.45, 7) is 0. The fourth-order valence-electron chi connectivity index (χ4n) is 1.18. The number of halogens is 2. The number of rotatable bonds is 0. The average Bonchev–Trinajstić information content (AvgIpc) is 2.28. The molecule has 0 fully saturated rings. The third-order valence-corrected chi connectivity index (χ3v) is 2.54. The van der Waals surface area contributed by atoms with Crippen molar-refractivity contribution in [1.82, 2.24) is 9.55 Å². The van der Waals surface area contributed by atoms with Gasteiger partial charge >= 0.3 is 0 Å². The first-order valence-corrected chi connectivity index (χ1v) is 4.52. The largest absolute Gasteiger partial charge is 0.348 e. The zero-order chi connectivity index (χ0) is 8.72. The van der Waals surface area contributed by atoms with Gasteiger partial charge in [-0.2, -0.15) is 0 Å². The molecule has 0 aliphatic heterocycles. The van der Waals surface area contributed by atoms with Gasteiger partial charge in [0.1, 0.15) is 11.3 Å². The molecule has 0 aliphatic carbocycles. The normalized spacial score (nSPS) is 10.9. The SMILES string of the molecule is Cn1cc(I)c2ncc(F)cc21. The molecule has 4 heteroatoms. The first-order valence-electron chi connectivity index (χ1n) is 3.44. The van der Waals surface area contributed by atoms with Crippen LogP contribution in [0.3, 0.4) is 0 Å². The van der Waals surface area contributed by atoms with Gasteiger partial charge in [0, 0.05) is 19.3 Å². The van der Waals surface area contributed by atoms with Crippen LogP contribution < -0.4 is 0 Å². The van der Waals surface area contributed by atoms with E-state index in [0.717, 1.165) is 14.6 Å². The lowest BCUT2D eigenvalue weighted by Gasteiger charge is -1.93. The Kier molecular flexibility index (Phi) is 1.79. The molecule has 0 saturated carbocycles. The third kappa shape index (κ3) is 1.10. The molecule has 0 bridgehead atoms. The van der Waals surface area contributed by atoms with Crippen LogP contribution in [0.15, 0.2) is 18.5 Å². The highest BCUT2D eigenvalue weighted by Crippen LogP contribution is 2.19. The number of aryl methyl sites for hydroxylation is 1. The first kappa shape index (κ1) is 7.97. The lowest BCUT2D eigenvalue weighted by molar-refractivity contribution is 0.623. The monoisotopic (exact) mass is 276 g/mol. The van der Waals surface area contributed by atoms with Crippen molar-refractivity contribution < 1.29 is 4.39 Å². The second-order valence-corrected chi connectivity index (χ2v) is 3.77. The van der Waals surface area contributed by atoms with Gasteiger partial charge in [0.2, 0.25) is 0 Å². The number of nitrogens with zero attached hydrogens (tertiary/aromatic N) is 2. The molecule has 2 nitrogen and oxygen atoms in total. The predicted octanol–water partition coefficient (Wildman–Crippen LogP) is 2.32. The Labute approximate surface area is 82.5 Å². The van der Waals surface area contributed by atoms with E-state index < -0.39 is 0 Å². The summed E-state index contributed by atoms with van der Waals surface area (Å²) < 4.78 is 15.7. The van der Waals surface area contributed by atoms with Crippen LogP contribution in [0, 0.1) is 9.39 Å². The maximum absolute atomic E-state index is 12.7. The molecule has 0 aromatic carbocycles. The fraction of sp³-hybridized carbons (Fsp3) is 0.125. The fourth-order valence-corrected chi connectivity index (χ4v) is 2.02. The van der Waals surface area contributed by atoms with Gasteiger partial charge in [-0.3, -0.25) is 4.98 Å². The Bertz CT molecular complexity index is 436. The molecule has 0 unspecified atom stereocenters. The van der Waals surface area contributed by atoms with Crippen molar-refractivity contribution in [2.75, 3.05) is 0 Å². The zero-order valence-corrected chi connectivity index (χ0v) is 8.54. The minimum atomic E-state index is -0.292.